The highest BCUT2D eigenvalue weighted by Crippen LogP contribution is 2.19. The summed E-state index contributed by atoms with van der Waals surface area (Å²) in [5.74, 6) is 1.09. The lowest BCUT2D eigenvalue weighted by atomic mass is 9.91. The zero-order valence-corrected chi connectivity index (χ0v) is 9.94. The molecule has 0 amide bonds. The van der Waals surface area contributed by atoms with Crippen molar-refractivity contribution in [3.8, 4) is 0 Å². The van der Waals surface area contributed by atoms with Crippen LogP contribution in [-0.4, -0.2) is 28.7 Å². The van der Waals surface area contributed by atoms with Gasteiger partial charge < -0.3 is 5.32 Å². The topological polar surface area (TPSA) is 46.9 Å². The third-order valence-electron chi connectivity index (χ3n) is 3.48. The second kappa shape index (κ2) is 4.78. The van der Waals surface area contributed by atoms with Crippen molar-refractivity contribution in [3.05, 3.63) is 18.0 Å². The van der Waals surface area contributed by atoms with Gasteiger partial charge in [-0.1, -0.05) is 6.92 Å². The van der Waals surface area contributed by atoms with Crippen LogP contribution in [0.5, 0.6) is 0 Å². The van der Waals surface area contributed by atoms with Gasteiger partial charge in [0.25, 0.3) is 0 Å². The number of carbonyl (C=O) groups excluding carboxylic acids is 1. The highest BCUT2D eigenvalue weighted by Gasteiger charge is 2.28. The molecule has 0 aliphatic carbocycles. The predicted octanol–water partition coefficient (Wildman–Crippen LogP) is 0.777. The van der Waals surface area contributed by atoms with E-state index >= 15 is 0 Å². The first-order valence-electron chi connectivity index (χ1n) is 5.89. The van der Waals surface area contributed by atoms with Crippen molar-refractivity contribution < 1.29 is 4.79 Å². The summed E-state index contributed by atoms with van der Waals surface area (Å²) in [6.07, 6.45) is 3.22. The van der Waals surface area contributed by atoms with E-state index in [1.165, 1.54) is 0 Å². The Labute approximate surface area is 96.0 Å². The van der Waals surface area contributed by atoms with Gasteiger partial charge in [0, 0.05) is 37.8 Å². The summed E-state index contributed by atoms with van der Waals surface area (Å²) < 4.78 is 1.84. The highest BCUT2D eigenvalue weighted by molar-refractivity contribution is 5.82. The Morgan fingerprint density at radius 3 is 3.00 bits per heavy atom. The first kappa shape index (κ1) is 11.3. The smallest absolute Gasteiger partial charge is 0.137 e. The van der Waals surface area contributed by atoms with Crippen molar-refractivity contribution in [1.82, 2.24) is 15.1 Å². The lowest BCUT2D eigenvalue weighted by molar-refractivity contribution is -0.123. The summed E-state index contributed by atoms with van der Waals surface area (Å²) >= 11 is 0. The van der Waals surface area contributed by atoms with E-state index in [1.54, 1.807) is 6.20 Å². The molecule has 2 unspecified atom stereocenters. The summed E-state index contributed by atoms with van der Waals surface area (Å²) in [7, 11) is 1.92. The molecule has 0 aromatic carbocycles. The maximum Gasteiger partial charge on any atom is 0.137 e. The van der Waals surface area contributed by atoms with Crippen LogP contribution in [0.3, 0.4) is 0 Å². The van der Waals surface area contributed by atoms with Crippen LogP contribution >= 0.6 is 0 Å². The third-order valence-corrected chi connectivity index (χ3v) is 3.48. The summed E-state index contributed by atoms with van der Waals surface area (Å²) in [5.41, 5.74) is 1.13. The summed E-state index contributed by atoms with van der Waals surface area (Å²) in [4.78, 5) is 12.0. The molecule has 1 N–H and O–H groups in total. The number of nitrogens with zero attached hydrogens (tertiary/aromatic N) is 2. The minimum atomic E-state index is 0.216. The van der Waals surface area contributed by atoms with Gasteiger partial charge in [-0.2, -0.15) is 5.10 Å². The second-order valence-corrected chi connectivity index (χ2v) is 4.65. The normalized spacial score (nSPS) is 24.9. The molecule has 88 valence electrons. The lowest BCUT2D eigenvalue weighted by Gasteiger charge is -2.12. The Kier molecular flexibility index (Phi) is 3.39. The van der Waals surface area contributed by atoms with E-state index in [9.17, 15) is 4.79 Å². The first-order chi connectivity index (χ1) is 7.68. The fraction of sp³-hybridized carbons (Fsp3) is 0.667. The maximum atomic E-state index is 12.0. The second-order valence-electron chi connectivity index (χ2n) is 4.65. The predicted molar refractivity (Wildman–Crippen MR) is 62.1 cm³/mol. The third kappa shape index (κ3) is 2.32. The van der Waals surface area contributed by atoms with E-state index < -0.39 is 0 Å². The number of hydrogen-bond donors (Lipinski definition) is 1. The minimum absolute atomic E-state index is 0.216. The van der Waals surface area contributed by atoms with E-state index in [0.717, 1.165) is 25.2 Å². The molecule has 1 aromatic rings. The zero-order valence-electron chi connectivity index (χ0n) is 9.94. The van der Waals surface area contributed by atoms with Crippen molar-refractivity contribution >= 4 is 5.78 Å². The first-order valence-corrected chi connectivity index (χ1v) is 5.89. The number of rotatable bonds is 4. The van der Waals surface area contributed by atoms with Crippen molar-refractivity contribution in [3.63, 3.8) is 0 Å². The maximum absolute atomic E-state index is 12.0. The zero-order chi connectivity index (χ0) is 11.5. The van der Waals surface area contributed by atoms with Crippen LogP contribution in [-0.2, 0) is 18.3 Å². The lowest BCUT2D eigenvalue weighted by Crippen LogP contribution is -2.22. The van der Waals surface area contributed by atoms with Crippen LogP contribution in [0, 0.1) is 11.8 Å². The molecule has 4 heteroatoms. The number of hydrogen-bond acceptors (Lipinski definition) is 3. The Balaban J connectivity index is 1.86. The standard InChI is InChI=1S/C12H19N3O/c1-9-7-13-8-11(9)12(16)4-3-10-5-6-14-15(10)2/h5-6,9,11,13H,3-4,7-8H2,1-2H3. The molecule has 4 nitrogen and oxygen atoms in total. The molecule has 1 aliphatic rings. The average Bonchev–Trinajstić information content (AvgIpc) is 2.84. The number of aryl methyl sites for hydroxylation is 2. The molecule has 1 fully saturated rings. The van der Waals surface area contributed by atoms with E-state index in [4.69, 9.17) is 0 Å². The van der Waals surface area contributed by atoms with E-state index in [2.05, 4.69) is 17.3 Å². The van der Waals surface area contributed by atoms with Crippen molar-refractivity contribution in [2.24, 2.45) is 18.9 Å². The van der Waals surface area contributed by atoms with Crippen LogP contribution in [0.2, 0.25) is 0 Å². The molecule has 1 aliphatic heterocycles. The van der Waals surface area contributed by atoms with Crippen molar-refractivity contribution in [2.75, 3.05) is 13.1 Å². The quantitative estimate of drug-likeness (QED) is 0.817. The Hall–Kier alpha value is -1.16. The molecule has 2 heterocycles. The van der Waals surface area contributed by atoms with Gasteiger partial charge in [-0.3, -0.25) is 9.48 Å². The van der Waals surface area contributed by atoms with Crippen molar-refractivity contribution in [2.45, 2.75) is 19.8 Å². The monoisotopic (exact) mass is 221 g/mol. The number of aromatic nitrogens is 2. The molecule has 2 rings (SSSR count). The molecule has 0 bridgehead atoms. The number of nitrogens with one attached hydrogen (secondary N) is 1. The number of Topliss-reactive ketones (excluding diaryl/α,β-unsaturated/α-hetero) is 1. The fourth-order valence-corrected chi connectivity index (χ4v) is 2.32. The van der Waals surface area contributed by atoms with Gasteiger partial charge in [-0.25, -0.2) is 0 Å². The van der Waals surface area contributed by atoms with Gasteiger partial charge in [0.15, 0.2) is 0 Å². The van der Waals surface area contributed by atoms with Gasteiger partial charge >= 0.3 is 0 Å². The number of ketones is 1. The Bertz CT molecular complexity index is 372. The molecule has 1 saturated heterocycles. The number of carbonyl (C=O) groups is 1. The average molecular weight is 221 g/mol. The summed E-state index contributed by atoms with van der Waals surface area (Å²) in [6.45, 7) is 3.97. The van der Waals surface area contributed by atoms with Crippen LogP contribution in [0.1, 0.15) is 19.0 Å². The van der Waals surface area contributed by atoms with E-state index in [1.807, 2.05) is 17.8 Å². The summed E-state index contributed by atoms with van der Waals surface area (Å²) in [6, 6.07) is 1.98. The van der Waals surface area contributed by atoms with Gasteiger partial charge in [-0.15, -0.1) is 0 Å². The molecule has 16 heavy (non-hydrogen) atoms. The molecule has 1 aromatic heterocycles. The molecule has 0 spiro atoms. The van der Waals surface area contributed by atoms with Crippen molar-refractivity contribution in [1.29, 1.82) is 0 Å². The van der Waals surface area contributed by atoms with Crippen LogP contribution in [0.4, 0.5) is 0 Å². The largest absolute Gasteiger partial charge is 0.316 e. The Morgan fingerprint density at radius 1 is 1.62 bits per heavy atom. The highest BCUT2D eigenvalue weighted by atomic mass is 16.1. The van der Waals surface area contributed by atoms with Gasteiger partial charge in [0.05, 0.1) is 0 Å². The van der Waals surface area contributed by atoms with Crippen LogP contribution < -0.4 is 5.32 Å². The SMILES string of the molecule is CC1CNCC1C(=O)CCc1ccnn1C. The van der Waals surface area contributed by atoms with Gasteiger partial charge in [0.1, 0.15) is 5.78 Å². The van der Waals surface area contributed by atoms with Crippen LogP contribution in [0.25, 0.3) is 0 Å². The van der Waals surface area contributed by atoms with E-state index in [0.29, 0.717) is 18.1 Å². The molecular formula is C12H19N3O. The van der Waals surface area contributed by atoms with Crippen LogP contribution in [0.15, 0.2) is 12.3 Å². The Morgan fingerprint density at radius 2 is 2.44 bits per heavy atom. The molecular weight excluding hydrogens is 202 g/mol. The van der Waals surface area contributed by atoms with Gasteiger partial charge in [-0.05, 0) is 24.9 Å². The molecule has 0 saturated carbocycles. The van der Waals surface area contributed by atoms with Gasteiger partial charge in [0.2, 0.25) is 0 Å². The molecule has 2 atom stereocenters. The fourth-order valence-electron chi connectivity index (χ4n) is 2.32. The summed E-state index contributed by atoms with van der Waals surface area (Å²) in [5, 5.41) is 7.37. The van der Waals surface area contributed by atoms with E-state index in [-0.39, 0.29) is 5.92 Å². The minimum Gasteiger partial charge on any atom is -0.316 e. The molecule has 0 radical (unpaired) electrons.